The second-order valence-corrected chi connectivity index (χ2v) is 7.93. The normalized spacial score (nSPS) is 11.3. The van der Waals surface area contributed by atoms with Crippen LogP contribution in [0.5, 0.6) is 11.5 Å². The van der Waals surface area contributed by atoms with Crippen molar-refractivity contribution in [3.8, 4) is 22.8 Å². The molecule has 0 radical (unpaired) electrons. The van der Waals surface area contributed by atoms with Gasteiger partial charge in [-0.2, -0.15) is 8.42 Å². The number of aromatic nitrogens is 1. The highest BCUT2D eigenvalue weighted by atomic mass is 32.2. The average Bonchev–Trinajstić information content (AvgIpc) is 3.18. The molecule has 5 nitrogen and oxygen atoms in total. The molecule has 0 saturated carbocycles. The summed E-state index contributed by atoms with van der Waals surface area (Å²) < 4.78 is 36.2. The molecule has 1 aromatic heterocycles. The summed E-state index contributed by atoms with van der Waals surface area (Å²) in [4.78, 5) is 3.43. The Bertz CT molecular complexity index is 1230. The highest BCUT2D eigenvalue weighted by Gasteiger charge is 2.19. The number of hydrogen-bond acceptors (Lipinski definition) is 4. The number of rotatable bonds is 7. The predicted molar refractivity (Wildman–Crippen MR) is 114 cm³/mol. The third-order valence-electron chi connectivity index (χ3n) is 4.37. The Balaban J connectivity index is 1.71. The van der Waals surface area contributed by atoms with E-state index in [4.69, 9.17) is 8.92 Å². The predicted octanol–water partition coefficient (Wildman–Crippen LogP) is 5.17. The quantitative estimate of drug-likeness (QED) is 0.340. The fourth-order valence-corrected chi connectivity index (χ4v) is 3.95. The largest absolute Gasteiger partial charge is 0.486 e. The van der Waals surface area contributed by atoms with Gasteiger partial charge in [0.05, 0.1) is 0 Å². The van der Waals surface area contributed by atoms with Crippen LogP contribution in [-0.4, -0.2) is 20.0 Å². The number of benzene rings is 3. The lowest BCUT2D eigenvalue weighted by Gasteiger charge is -2.13. The highest BCUT2D eigenvalue weighted by Crippen LogP contribution is 2.35. The van der Waals surface area contributed by atoms with E-state index in [2.05, 4.69) is 11.6 Å². The van der Waals surface area contributed by atoms with Gasteiger partial charge in [-0.25, -0.2) is 0 Å². The van der Waals surface area contributed by atoms with Crippen molar-refractivity contribution in [3.05, 3.63) is 91.5 Å². The van der Waals surface area contributed by atoms with E-state index in [0.717, 1.165) is 22.2 Å². The van der Waals surface area contributed by atoms with Crippen molar-refractivity contribution in [2.24, 2.45) is 0 Å². The second kappa shape index (κ2) is 7.85. The Morgan fingerprint density at radius 3 is 2.41 bits per heavy atom. The van der Waals surface area contributed by atoms with Gasteiger partial charge in [0.15, 0.2) is 11.5 Å². The van der Waals surface area contributed by atoms with Gasteiger partial charge in [-0.05, 0) is 42.5 Å². The van der Waals surface area contributed by atoms with E-state index in [0.29, 0.717) is 5.75 Å². The third kappa shape index (κ3) is 4.02. The Labute approximate surface area is 169 Å². The Hall–Kier alpha value is -3.51. The third-order valence-corrected chi connectivity index (χ3v) is 5.62. The summed E-state index contributed by atoms with van der Waals surface area (Å²) in [7, 11) is -3.97. The summed E-state index contributed by atoms with van der Waals surface area (Å²) in [6.45, 7) is 3.87. The molecule has 29 heavy (non-hydrogen) atoms. The molecule has 3 aromatic carbocycles. The first kappa shape index (κ1) is 18.8. The molecule has 146 valence electrons. The molecule has 0 saturated heterocycles. The molecule has 0 atom stereocenters. The van der Waals surface area contributed by atoms with E-state index in [1.807, 2.05) is 30.3 Å². The van der Waals surface area contributed by atoms with Gasteiger partial charge in [-0.15, -0.1) is 0 Å². The number of nitrogens with one attached hydrogen (secondary N) is 1. The van der Waals surface area contributed by atoms with Gasteiger partial charge in [0.2, 0.25) is 0 Å². The van der Waals surface area contributed by atoms with E-state index in [1.54, 1.807) is 42.5 Å². The van der Waals surface area contributed by atoms with Crippen LogP contribution in [0.2, 0.25) is 0 Å². The zero-order chi connectivity index (χ0) is 20.3. The monoisotopic (exact) mass is 405 g/mol. The summed E-state index contributed by atoms with van der Waals surface area (Å²) in [5.74, 6) is 0.441. The van der Waals surface area contributed by atoms with Crippen molar-refractivity contribution in [2.45, 2.75) is 4.90 Å². The van der Waals surface area contributed by atoms with Gasteiger partial charge in [-0.3, -0.25) is 0 Å². The van der Waals surface area contributed by atoms with E-state index >= 15 is 0 Å². The van der Waals surface area contributed by atoms with E-state index < -0.39 is 10.1 Å². The highest BCUT2D eigenvalue weighted by molar-refractivity contribution is 7.87. The van der Waals surface area contributed by atoms with E-state index in [1.165, 1.54) is 12.1 Å². The van der Waals surface area contributed by atoms with Crippen molar-refractivity contribution < 1.29 is 17.3 Å². The summed E-state index contributed by atoms with van der Waals surface area (Å²) in [5.41, 5.74) is 2.76. The zero-order valence-corrected chi connectivity index (χ0v) is 16.4. The van der Waals surface area contributed by atoms with Crippen LogP contribution in [-0.2, 0) is 10.1 Å². The molecule has 6 heteroatoms. The first-order chi connectivity index (χ1) is 14.1. The number of H-pyrrole nitrogens is 1. The van der Waals surface area contributed by atoms with Gasteiger partial charge >= 0.3 is 10.1 Å². The molecule has 0 aliphatic heterocycles. The minimum absolute atomic E-state index is 0.0781. The van der Waals surface area contributed by atoms with Gasteiger partial charge in [0.1, 0.15) is 11.5 Å². The van der Waals surface area contributed by atoms with Crippen molar-refractivity contribution >= 4 is 21.0 Å². The molecule has 0 unspecified atom stereocenters. The molecule has 1 heterocycles. The molecule has 4 rings (SSSR count). The minimum atomic E-state index is -3.97. The van der Waals surface area contributed by atoms with Crippen LogP contribution in [0.15, 0.2) is 96.4 Å². The molecule has 0 aliphatic carbocycles. The fourth-order valence-electron chi connectivity index (χ4n) is 2.99. The van der Waals surface area contributed by atoms with E-state index in [9.17, 15) is 8.42 Å². The lowest BCUT2D eigenvalue weighted by Crippen LogP contribution is -2.10. The zero-order valence-electron chi connectivity index (χ0n) is 15.5. The fraction of sp³-hybridized carbons (Fsp3) is 0.0435. The van der Waals surface area contributed by atoms with Crippen molar-refractivity contribution in [2.75, 3.05) is 6.61 Å². The van der Waals surface area contributed by atoms with Crippen LogP contribution in [0.1, 0.15) is 0 Å². The van der Waals surface area contributed by atoms with Gasteiger partial charge in [0, 0.05) is 22.2 Å². The van der Waals surface area contributed by atoms with Crippen LogP contribution < -0.4 is 8.92 Å². The van der Waals surface area contributed by atoms with Crippen molar-refractivity contribution in [3.63, 3.8) is 0 Å². The molecule has 4 aromatic rings. The number of aromatic amines is 1. The lowest BCUT2D eigenvalue weighted by molar-refractivity contribution is 0.348. The minimum Gasteiger partial charge on any atom is -0.486 e. The molecule has 1 N–H and O–H groups in total. The van der Waals surface area contributed by atoms with Crippen molar-refractivity contribution in [1.82, 2.24) is 4.98 Å². The first-order valence-electron chi connectivity index (χ1n) is 9.02. The molecule has 0 spiro atoms. The summed E-state index contributed by atoms with van der Waals surface area (Å²) in [5, 5.41) is 1.09. The summed E-state index contributed by atoms with van der Waals surface area (Å²) in [6.07, 6.45) is 1.59. The first-order valence-corrected chi connectivity index (χ1v) is 10.4. The molecular weight excluding hydrogens is 386 g/mol. The lowest BCUT2D eigenvalue weighted by atomic mass is 10.1. The average molecular weight is 405 g/mol. The molecular formula is C23H19NO4S. The molecule has 0 bridgehead atoms. The molecule has 0 aliphatic rings. The summed E-state index contributed by atoms with van der Waals surface area (Å²) >= 11 is 0. The number of hydrogen-bond donors (Lipinski definition) is 1. The maximum Gasteiger partial charge on any atom is 0.339 e. The number of para-hydroxylation sites is 1. The Morgan fingerprint density at radius 2 is 1.66 bits per heavy atom. The number of fused-ring (bicyclic) bond motifs is 1. The van der Waals surface area contributed by atoms with Crippen LogP contribution in [0.25, 0.3) is 22.2 Å². The molecule has 0 amide bonds. The Kier molecular flexibility index (Phi) is 5.10. The summed E-state index contributed by atoms with van der Waals surface area (Å²) in [6, 6.07) is 23.1. The van der Waals surface area contributed by atoms with Gasteiger partial charge in [0.25, 0.3) is 0 Å². The standard InChI is InChI=1S/C23H19NO4S/c1-2-14-27-23-16-18(21-15-17-8-6-7-11-20(17)24-21)12-13-22(23)28-29(25,26)19-9-4-3-5-10-19/h2-13,15-16,24H,1,14H2. The van der Waals surface area contributed by atoms with E-state index in [-0.39, 0.29) is 17.3 Å². The Morgan fingerprint density at radius 1 is 0.897 bits per heavy atom. The topological polar surface area (TPSA) is 68.4 Å². The second-order valence-electron chi connectivity index (χ2n) is 6.38. The maximum absolute atomic E-state index is 12.6. The van der Waals surface area contributed by atoms with Crippen LogP contribution in [0.4, 0.5) is 0 Å². The number of ether oxygens (including phenoxy) is 1. The van der Waals surface area contributed by atoms with Crippen LogP contribution >= 0.6 is 0 Å². The van der Waals surface area contributed by atoms with Gasteiger partial charge < -0.3 is 13.9 Å². The SMILES string of the molecule is C=CCOc1cc(-c2cc3ccccc3[nH]2)ccc1OS(=O)(=O)c1ccccc1. The van der Waals surface area contributed by atoms with Crippen LogP contribution in [0, 0.1) is 0 Å². The molecule has 0 fully saturated rings. The maximum atomic E-state index is 12.6. The smallest absolute Gasteiger partial charge is 0.339 e. The van der Waals surface area contributed by atoms with Crippen LogP contribution in [0.3, 0.4) is 0 Å². The van der Waals surface area contributed by atoms with Gasteiger partial charge in [-0.1, -0.05) is 49.1 Å². The van der Waals surface area contributed by atoms with Crippen molar-refractivity contribution in [1.29, 1.82) is 0 Å².